The molecule has 1 aromatic carbocycles. The third-order valence-electron chi connectivity index (χ3n) is 2.98. The maximum atomic E-state index is 5.35. The lowest BCUT2D eigenvalue weighted by molar-refractivity contribution is 0.324. The second-order valence-electron chi connectivity index (χ2n) is 3.99. The van der Waals surface area contributed by atoms with Crippen LogP contribution in [0.1, 0.15) is 0 Å². The molecule has 0 saturated heterocycles. The van der Waals surface area contributed by atoms with Gasteiger partial charge >= 0.3 is 0 Å². The highest BCUT2D eigenvalue weighted by Gasteiger charge is 2.15. The minimum absolute atomic E-state index is 0.562. The Kier molecular flexibility index (Phi) is 4.30. The summed E-state index contributed by atoms with van der Waals surface area (Å²) in [6.45, 7) is 0. The van der Waals surface area contributed by atoms with Crippen LogP contribution in [0, 0.1) is 0 Å². The number of rotatable bonds is 5. The van der Waals surface area contributed by atoms with Crippen molar-refractivity contribution in [2.45, 2.75) is 0 Å². The van der Waals surface area contributed by atoms with Crippen molar-refractivity contribution in [3.8, 4) is 34.1 Å². The van der Waals surface area contributed by atoms with Gasteiger partial charge in [0.25, 0.3) is 0 Å². The fourth-order valence-electron chi connectivity index (χ4n) is 2.02. The Morgan fingerprint density at radius 3 is 1.90 bits per heavy atom. The highest BCUT2D eigenvalue weighted by Crippen LogP contribution is 2.42. The topological polar surface area (TPSA) is 49.8 Å². The van der Waals surface area contributed by atoms with Crippen LogP contribution >= 0.6 is 0 Å². The van der Waals surface area contributed by atoms with E-state index in [1.807, 2.05) is 18.2 Å². The zero-order valence-electron chi connectivity index (χ0n) is 12.0. The molecule has 0 atom stereocenters. The van der Waals surface area contributed by atoms with Crippen molar-refractivity contribution in [3.05, 3.63) is 30.6 Å². The van der Waals surface area contributed by atoms with E-state index in [0.717, 1.165) is 11.1 Å². The Hall–Kier alpha value is -2.43. The van der Waals surface area contributed by atoms with Crippen LogP contribution in [-0.2, 0) is 0 Å². The van der Waals surface area contributed by atoms with E-state index in [1.165, 1.54) is 0 Å². The minimum atomic E-state index is 0.562. The van der Waals surface area contributed by atoms with Gasteiger partial charge in [-0.2, -0.15) is 0 Å². The first-order valence-corrected chi connectivity index (χ1v) is 6.03. The summed E-state index contributed by atoms with van der Waals surface area (Å²) in [6, 6.07) is 5.62. The summed E-state index contributed by atoms with van der Waals surface area (Å²) in [6.07, 6.45) is 3.37. The van der Waals surface area contributed by atoms with E-state index in [-0.39, 0.29) is 0 Å². The van der Waals surface area contributed by atoms with Gasteiger partial charge in [-0.05, 0) is 23.8 Å². The van der Waals surface area contributed by atoms with E-state index >= 15 is 0 Å². The molecule has 20 heavy (non-hydrogen) atoms. The number of nitrogens with zero attached hydrogens (tertiary/aromatic N) is 1. The Balaban J connectivity index is 2.63. The van der Waals surface area contributed by atoms with Gasteiger partial charge in [0, 0.05) is 11.8 Å². The van der Waals surface area contributed by atoms with E-state index < -0.39 is 0 Å². The lowest BCUT2D eigenvalue weighted by Crippen LogP contribution is -1.96. The molecule has 0 aliphatic carbocycles. The zero-order chi connectivity index (χ0) is 14.5. The maximum absolute atomic E-state index is 5.35. The SMILES string of the molecule is COc1cnccc1-c1cc(OC)c(OC)c(OC)c1. The molecule has 0 fully saturated rings. The molecule has 1 aromatic heterocycles. The van der Waals surface area contributed by atoms with Gasteiger partial charge in [0.05, 0.1) is 34.6 Å². The second kappa shape index (κ2) is 6.14. The van der Waals surface area contributed by atoms with Gasteiger partial charge in [-0.25, -0.2) is 0 Å². The van der Waals surface area contributed by atoms with Crippen LogP contribution in [0.3, 0.4) is 0 Å². The van der Waals surface area contributed by atoms with Crippen molar-refractivity contribution in [2.24, 2.45) is 0 Å². The first-order chi connectivity index (χ1) is 9.74. The number of hydrogen-bond donors (Lipinski definition) is 0. The molecule has 0 N–H and O–H groups in total. The van der Waals surface area contributed by atoms with Crippen LogP contribution in [-0.4, -0.2) is 33.4 Å². The van der Waals surface area contributed by atoms with Gasteiger partial charge in [0.1, 0.15) is 5.75 Å². The van der Waals surface area contributed by atoms with Crippen LogP contribution in [0.4, 0.5) is 0 Å². The van der Waals surface area contributed by atoms with Gasteiger partial charge in [-0.1, -0.05) is 0 Å². The molecule has 0 saturated carbocycles. The Bertz CT molecular complexity index is 573. The van der Waals surface area contributed by atoms with E-state index in [0.29, 0.717) is 23.0 Å². The summed E-state index contributed by atoms with van der Waals surface area (Å²) in [5.74, 6) is 2.44. The lowest BCUT2D eigenvalue weighted by atomic mass is 10.0. The number of methoxy groups -OCH3 is 4. The highest BCUT2D eigenvalue weighted by atomic mass is 16.5. The molecule has 0 aliphatic rings. The number of benzene rings is 1. The minimum Gasteiger partial charge on any atom is -0.494 e. The molecule has 2 rings (SSSR count). The fourth-order valence-corrected chi connectivity index (χ4v) is 2.02. The zero-order valence-corrected chi connectivity index (χ0v) is 12.0. The highest BCUT2D eigenvalue weighted by molar-refractivity contribution is 5.75. The van der Waals surface area contributed by atoms with Gasteiger partial charge in [0.15, 0.2) is 11.5 Å². The molecule has 0 unspecified atom stereocenters. The molecule has 0 spiro atoms. The van der Waals surface area contributed by atoms with Crippen molar-refractivity contribution < 1.29 is 18.9 Å². The monoisotopic (exact) mass is 275 g/mol. The molecular weight excluding hydrogens is 258 g/mol. The predicted octanol–water partition coefficient (Wildman–Crippen LogP) is 2.78. The van der Waals surface area contributed by atoms with Crippen LogP contribution in [0.15, 0.2) is 30.6 Å². The first-order valence-electron chi connectivity index (χ1n) is 6.03. The molecular formula is C15H17NO4. The molecule has 1 heterocycles. The van der Waals surface area contributed by atoms with Crippen molar-refractivity contribution in [1.82, 2.24) is 4.98 Å². The summed E-state index contributed by atoms with van der Waals surface area (Å²) in [5.41, 5.74) is 1.81. The first kappa shape index (κ1) is 14.0. The van der Waals surface area contributed by atoms with E-state index in [2.05, 4.69) is 4.98 Å². The van der Waals surface area contributed by atoms with Gasteiger partial charge < -0.3 is 18.9 Å². The lowest BCUT2D eigenvalue weighted by Gasteiger charge is -2.15. The standard InChI is InChI=1S/C15H17NO4/c1-17-12-7-10(8-13(18-2)15(12)20-4)11-5-6-16-9-14(11)19-3/h5-9H,1-4H3. The smallest absolute Gasteiger partial charge is 0.203 e. The number of aromatic nitrogens is 1. The van der Waals surface area contributed by atoms with E-state index in [4.69, 9.17) is 18.9 Å². The quantitative estimate of drug-likeness (QED) is 0.839. The Morgan fingerprint density at radius 2 is 1.40 bits per heavy atom. The van der Waals surface area contributed by atoms with Crippen LogP contribution in [0.25, 0.3) is 11.1 Å². The average molecular weight is 275 g/mol. The predicted molar refractivity (Wildman–Crippen MR) is 75.9 cm³/mol. The largest absolute Gasteiger partial charge is 0.494 e. The molecule has 2 aromatic rings. The summed E-state index contributed by atoms with van der Waals surface area (Å²) in [4.78, 5) is 4.05. The van der Waals surface area contributed by atoms with Crippen molar-refractivity contribution in [2.75, 3.05) is 28.4 Å². The van der Waals surface area contributed by atoms with Crippen LogP contribution < -0.4 is 18.9 Å². The normalized spacial score (nSPS) is 10.0. The van der Waals surface area contributed by atoms with Crippen LogP contribution in [0.5, 0.6) is 23.0 Å². The van der Waals surface area contributed by atoms with Crippen molar-refractivity contribution in [3.63, 3.8) is 0 Å². The third kappa shape index (κ3) is 2.47. The average Bonchev–Trinajstić information content (AvgIpc) is 2.53. The number of ether oxygens (including phenoxy) is 4. The Morgan fingerprint density at radius 1 is 0.800 bits per heavy atom. The molecule has 106 valence electrons. The van der Waals surface area contributed by atoms with Crippen LogP contribution in [0.2, 0.25) is 0 Å². The fraction of sp³-hybridized carbons (Fsp3) is 0.267. The van der Waals surface area contributed by atoms with Gasteiger partial charge in [-0.3, -0.25) is 4.98 Å². The molecule has 5 heteroatoms. The number of hydrogen-bond acceptors (Lipinski definition) is 5. The Labute approximate surface area is 118 Å². The number of pyridine rings is 1. The molecule has 0 aliphatic heterocycles. The summed E-state index contributed by atoms with van der Waals surface area (Å²) < 4.78 is 21.3. The third-order valence-corrected chi connectivity index (χ3v) is 2.98. The van der Waals surface area contributed by atoms with E-state index in [9.17, 15) is 0 Å². The molecule has 0 bridgehead atoms. The second-order valence-corrected chi connectivity index (χ2v) is 3.99. The summed E-state index contributed by atoms with van der Waals surface area (Å²) >= 11 is 0. The van der Waals surface area contributed by atoms with E-state index in [1.54, 1.807) is 40.8 Å². The molecule has 5 nitrogen and oxygen atoms in total. The summed E-state index contributed by atoms with van der Waals surface area (Å²) in [5, 5.41) is 0. The van der Waals surface area contributed by atoms with Crippen molar-refractivity contribution in [1.29, 1.82) is 0 Å². The molecule has 0 radical (unpaired) electrons. The maximum Gasteiger partial charge on any atom is 0.203 e. The van der Waals surface area contributed by atoms with Gasteiger partial charge in [0.2, 0.25) is 5.75 Å². The van der Waals surface area contributed by atoms with Gasteiger partial charge in [-0.15, -0.1) is 0 Å². The molecule has 0 amide bonds. The summed E-state index contributed by atoms with van der Waals surface area (Å²) in [7, 11) is 6.36. The van der Waals surface area contributed by atoms with Crippen molar-refractivity contribution >= 4 is 0 Å².